The molecule has 0 radical (unpaired) electrons. The molecule has 1 saturated carbocycles. The molecule has 3 nitrogen and oxygen atoms in total. The number of furan rings is 1. The lowest BCUT2D eigenvalue weighted by Gasteiger charge is -2.16. The van der Waals surface area contributed by atoms with E-state index in [1.807, 2.05) is 44.2 Å². The predicted octanol–water partition coefficient (Wildman–Crippen LogP) is 4.65. The van der Waals surface area contributed by atoms with E-state index in [1.165, 1.54) is 12.1 Å². The van der Waals surface area contributed by atoms with Crippen molar-refractivity contribution in [2.45, 2.75) is 32.1 Å². The number of nitrogens with one attached hydrogen (secondary N) is 1. The van der Waals surface area contributed by atoms with Gasteiger partial charge in [0, 0.05) is 22.9 Å². The molecule has 1 N–H and O–H groups in total. The maximum absolute atomic E-state index is 13.1. The lowest BCUT2D eigenvalue weighted by Crippen LogP contribution is -2.32. The van der Waals surface area contributed by atoms with E-state index in [9.17, 15) is 9.18 Å². The van der Waals surface area contributed by atoms with Gasteiger partial charge in [-0.1, -0.05) is 30.3 Å². The van der Waals surface area contributed by atoms with Crippen LogP contribution in [0.4, 0.5) is 4.39 Å². The summed E-state index contributed by atoms with van der Waals surface area (Å²) in [6.45, 7) is 4.42. The number of aryl methyl sites for hydroxylation is 2. The average molecular weight is 337 g/mol. The first-order chi connectivity index (χ1) is 12.0. The molecule has 4 rings (SSSR count). The molecule has 1 heterocycles. The molecule has 1 aliphatic rings. The van der Waals surface area contributed by atoms with Gasteiger partial charge in [-0.25, -0.2) is 4.39 Å². The molecular formula is C21H20FNO2. The zero-order valence-electron chi connectivity index (χ0n) is 14.4. The van der Waals surface area contributed by atoms with Crippen LogP contribution in [0, 0.1) is 19.7 Å². The summed E-state index contributed by atoms with van der Waals surface area (Å²) in [6.07, 6.45) is 1.99. The Bertz CT molecular complexity index is 952. The molecule has 0 unspecified atom stereocenters. The Kier molecular flexibility index (Phi) is 3.64. The fraction of sp³-hybridized carbons (Fsp3) is 0.286. The van der Waals surface area contributed by atoms with E-state index in [2.05, 4.69) is 5.32 Å². The maximum atomic E-state index is 13.1. The van der Waals surface area contributed by atoms with E-state index >= 15 is 0 Å². The molecule has 0 aliphatic heterocycles. The minimum Gasteiger partial charge on any atom is -0.450 e. The number of carbonyl (C=O) groups is 1. The number of rotatable bonds is 4. The summed E-state index contributed by atoms with van der Waals surface area (Å²) >= 11 is 0. The second-order valence-corrected chi connectivity index (χ2v) is 6.98. The van der Waals surface area contributed by atoms with Crippen molar-refractivity contribution in [3.8, 4) is 0 Å². The zero-order valence-corrected chi connectivity index (χ0v) is 14.4. The molecule has 2 aromatic carbocycles. The van der Waals surface area contributed by atoms with Crippen molar-refractivity contribution >= 4 is 16.9 Å². The predicted molar refractivity (Wildman–Crippen MR) is 95.3 cm³/mol. The molecule has 0 atom stereocenters. The molecule has 0 spiro atoms. The van der Waals surface area contributed by atoms with Gasteiger partial charge >= 0.3 is 0 Å². The summed E-state index contributed by atoms with van der Waals surface area (Å²) in [5.74, 6) is -0.0578. The number of carbonyl (C=O) groups excluding carboxylic acids is 1. The van der Waals surface area contributed by atoms with Crippen LogP contribution in [0.5, 0.6) is 0 Å². The second kappa shape index (κ2) is 5.73. The van der Waals surface area contributed by atoms with Gasteiger partial charge in [-0.05, 0) is 49.9 Å². The minimum absolute atomic E-state index is 0.0702. The summed E-state index contributed by atoms with van der Waals surface area (Å²) in [7, 11) is 0. The van der Waals surface area contributed by atoms with Crippen molar-refractivity contribution in [1.29, 1.82) is 0 Å². The molecule has 4 heteroatoms. The van der Waals surface area contributed by atoms with E-state index in [0.717, 1.165) is 40.5 Å². The molecule has 1 amide bonds. The van der Waals surface area contributed by atoms with Gasteiger partial charge in [-0.2, -0.15) is 0 Å². The van der Waals surface area contributed by atoms with E-state index in [-0.39, 0.29) is 17.1 Å². The van der Waals surface area contributed by atoms with E-state index in [4.69, 9.17) is 4.42 Å². The number of benzene rings is 2. The van der Waals surface area contributed by atoms with Crippen molar-refractivity contribution in [3.63, 3.8) is 0 Å². The number of halogens is 1. The van der Waals surface area contributed by atoms with Gasteiger partial charge in [0.25, 0.3) is 5.91 Å². The molecule has 25 heavy (non-hydrogen) atoms. The summed E-state index contributed by atoms with van der Waals surface area (Å²) in [4.78, 5) is 12.6. The quantitative estimate of drug-likeness (QED) is 0.753. The number of hydrogen-bond acceptors (Lipinski definition) is 2. The Balaban J connectivity index is 1.54. The third kappa shape index (κ3) is 2.72. The zero-order chi connectivity index (χ0) is 17.6. The molecule has 0 saturated heterocycles. The van der Waals surface area contributed by atoms with Crippen LogP contribution < -0.4 is 5.32 Å². The van der Waals surface area contributed by atoms with E-state index in [0.29, 0.717) is 12.3 Å². The van der Waals surface area contributed by atoms with Crippen LogP contribution in [0.2, 0.25) is 0 Å². The van der Waals surface area contributed by atoms with Crippen molar-refractivity contribution in [1.82, 2.24) is 5.32 Å². The first kappa shape index (κ1) is 15.9. The highest BCUT2D eigenvalue weighted by Crippen LogP contribution is 2.47. The van der Waals surface area contributed by atoms with Gasteiger partial charge < -0.3 is 9.73 Å². The largest absolute Gasteiger partial charge is 0.450 e. The normalized spacial score (nSPS) is 15.3. The van der Waals surface area contributed by atoms with Crippen LogP contribution in [0.25, 0.3) is 11.0 Å². The highest BCUT2D eigenvalue weighted by Gasteiger charge is 2.44. The SMILES string of the molecule is Cc1c(C(=O)NCC2(c3ccc(F)cc3)CC2)oc2c(C)cccc12. The van der Waals surface area contributed by atoms with Crippen LogP contribution in [0.15, 0.2) is 46.9 Å². The fourth-order valence-corrected chi connectivity index (χ4v) is 3.45. The van der Waals surface area contributed by atoms with Gasteiger partial charge in [0.05, 0.1) is 0 Å². The Morgan fingerprint density at radius 2 is 1.88 bits per heavy atom. The topological polar surface area (TPSA) is 42.2 Å². The molecule has 1 fully saturated rings. The van der Waals surface area contributed by atoms with Crippen molar-refractivity contribution in [2.75, 3.05) is 6.54 Å². The highest BCUT2D eigenvalue weighted by molar-refractivity contribution is 5.99. The number of para-hydroxylation sites is 1. The summed E-state index contributed by atoms with van der Waals surface area (Å²) in [5, 5.41) is 3.99. The van der Waals surface area contributed by atoms with Crippen LogP contribution in [0.1, 0.15) is 40.1 Å². The van der Waals surface area contributed by atoms with Crippen LogP contribution >= 0.6 is 0 Å². The van der Waals surface area contributed by atoms with Crippen molar-refractivity contribution in [3.05, 3.63) is 70.7 Å². The number of hydrogen-bond donors (Lipinski definition) is 1. The average Bonchev–Trinajstić information content (AvgIpc) is 3.32. The summed E-state index contributed by atoms with van der Waals surface area (Å²) in [5.41, 5.74) is 3.66. The molecule has 3 aromatic rings. The van der Waals surface area contributed by atoms with Gasteiger partial charge in [0.2, 0.25) is 0 Å². The maximum Gasteiger partial charge on any atom is 0.287 e. The molecule has 1 aromatic heterocycles. The molecule has 0 bridgehead atoms. The summed E-state index contributed by atoms with van der Waals surface area (Å²) < 4.78 is 19.0. The third-order valence-corrected chi connectivity index (χ3v) is 5.26. The van der Waals surface area contributed by atoms with Crippen LogP contribution in [-0.2, 0) is 5.41 Å². The van der Waals surface area contributed by atoms with Crippen molar-refractivity contribution < 1.29 is 13.6 Å². The standard InChI is InChI=1S/C21H20FNO2/c1-13-4-3-5-17-14(2)19(25-18(13)17)20(24)23-12-21(10-11-21)15-6-8-16(22)9-7-15/h3-9H,10-12H2,1-2H3,(H,23,24). The van der Waals surface area contributed by atoms with Crippen LogP contribution in [-0.4, -0.2) is 12.5 Å². The highest BCUT2D eigenvalue weighted by atomic mass is 19.1. The van der Waals surface area contributed by atoms with E-state index in [1.54, 1.807) is 0 Å². The van der Waals surface area contributed by atoms with Crippen LogP contribution in [0.3, 0.4) is 0 Å². The lowest BCUT2D eigenvalue weighted by molar-refractivity contribution is 0.0923. The second-order valence-electron chi connectivity index (χ2n) is 6.98. The van der Waals surface area contributed by atoms with Crippen molar-refractivity contribution in [2.24, 2.45) is 0 Å². The lowest BCUT2D eigenvalue weighted by atomic mass is 9.96. The van der Waals surface area contributed by atoms with Gasteiger partial charge in [-0.15, -0.1) is 0 Å². The smallest absolute Gasteiger partial charge is 0.287 e. The van der Waals surface area contributed by atoms with E-state index < -0.39 is 0 Å². The summed E-state index contributed by atoms with van der Waals surface area (Å²) in [6, 6.07) is 12.5. The molecular weight excluding hydrogens is 317 g/mol. The van der Waals surface area contributed by atoms with Gasteiger partial charge in [0.15, 0.2) is 5.76 Å². The Hall–Kier alpha value is -2.62. The Labute approximate surface area is 145 Å². The van der Waals surface area contributed by atoms with Gasteiger partial charge in [-0.3, -0.25) is 4.79 Å². The minimum atomic E-state index is -0.239. The molecule has 1 aliphatic carbocycles. The van der Waals surface area contributed by atoms with Gasteiger partial charge in [0.1, 0.15) is 11.4 Å². The number of amides is 1. The third-order valence-electron chi connectivity index (χ3n) is 5.26. The first-order valence-corrected chi connectivity index (χ1v) is 8.53. The first-order valence-electron chi connectivity index (χ1n) is 8.53. The monoisotopic (exact) mass is 337 g/mol. The molecule has 128 valence electrons. The Morgan fingerprint density at radius 3 is 2.52 bits per heavy atom. The Morgan fingerprint density at radius 1 is 1.16 bits per heavy atom. The fourth-order valence-electron chi connectivity index (χ4n) is 3.45. The number of fused-ring (bicyclic) bond motifs is 1.